The van der Waals surface area contributed by atoms with E-state index in [1.807, 2.05) is 32.8 Å². The van der Waals surface area contributed by atoms with E-state index in [9.17, 15) is 9.90 Å². The van der Waals surface area contributed by atoms with Crippen LogP contribution >= 0.6 is 11.6 Å². The van der Waals surface area contributed by atoms with Crippen LogP contribution in [0.1, 0.15) is 27.7 Å². The fourth-order valence-electron chi connectivity index (χ4n) is 1.50. The fourth-order valence-corrected chi connectivity index (χ4v) is 1.69. The molecule has 0 aliphatic heterocycles. The lowest BCUT2D eigenvalue weighted by atomic mass is 9.86. The average molecular weight is 317 g/mol. The second-order valence-electron chi connectivity index (χ2n) is 6.51. The van der Waals surface area contributed by atoms with E-state index >= 15 is 0 Å². The molecule has 0 aliphatic carbocycles. The summed E-state index contributed by atoms with van der Waals surface area (Å²) < 4.78 is 1.34. The maximum Gasteiger partial charge on any atom is 0.287 e. The van der Waals surface area contributed by atoms with Crippen molar-refractivity contribution >= 4 is 17.3 Å². The van der Waals surface area contributed by atoms with Gasteiger partial charge in [0.1, 0.15) is 5.02 Å². The van der Waals surface area contributed by atoms with Crippen molar-refractivity contribution in [1.82, 2.24) is 14.7 Å². The van der Waals surface area contributed by atoms with Crippen molar-refractivity contribution in [3.8, 4) is 0 Å². The highest BCUT2D eigenvalue weighted by molar-refractivity contribution is 6.32. The zero-order valence-electron chi connectivity index (χ0n) is 13.6. The van der Waals surface area contributed by atoms with Crippen molar-refractivity contribution in [3.63, 3.8) is 0 Å². The molecule has 0 saturated heterocycles. The Morgan fingerprint density at radius 3 is 2.43 bits per heavy atom. The summed E-state index contributed by atoms with van der Waals surface area (Å²) in [6, 6.07) is 0. The average Bonchev–Trinajstić information content (AvgIpc) is 2.32. The van der Waals surface area contributed by atoms with Gasteiger partial charge in [-0.15, -0.1) is 0 Å². The summed E-state index contributed by atoms with van der Waals surface area (Å²) in [6.45, 7) is 8.23. The Hall–Kier alpha value is -1.11. The van der Waals surface area contributed by atoms with E-state index in [0.29, 0.717) is 18.8 Å². The molecule has 0 amide bonds. The van der Waals surface area contributed by atoms with E-state index in [1.165, 1.54) is 10.9 Å². The van der Waals surface area contributed by atoms with Crippen LogP contribution in [0, 0.1) is 0 Å². The lowest BCUT2D eigenvalue weighted by molar-refractivity contribution is 0.0240. The summed E-state index contributed by atoms with van der Waals surface area (Å²) in [5, 5.41) is 17.5. The number of hydrogen-bond donors (Lipinski definition) is 2. The molecule has 0 radical (unpaired) electrons. The van der Waals surface area contributed by atoms with Crippen LogP contribution in [0.25, 0.3) is 0 Å². The molecule has 0 bridgehead atoms. The molecule has 120 valence electrons. The van der Waals surface area contributed by atoms with Gasteiger partial charge >= 0.3 is 0 Å². The summed E-state index contributed by atoms with van der Waals surface area (Å²) in [5.41, 5.74) is -1.57. The second-order valence-corrected chi connectivity index (χ2v) is 6.89. The van der Waals surface area contributed by atoms with E-state index in [-0.39, 0.29) is 10.6 Å². The van der Waals surface area contributed by atoms with Crippen molar-refractivity contribution in [2.24, 2.45) is 0 Å². The highest BCUT2D eigenvalue weighted by Gasteiger charge is 2.35. The Labute approximate surface area is 130 Å². The van der Waals surface area contributed by atoms with Gasteiger partial charge in [-0.3, -0.25) is 4.79 Å². The SMILES string of the molecule is CN(C)CCn1ncc(NC(C)(C)C(C)(C)O)c(Cl)c1=O. The Bertz CT molecular complexity index is 547. The second kappa shape index (κ2) is 6.34. The number of likely N-dealkylation sites (N-methyl/N-ethyl adjacent to an activating group) is 1. The van der Waals surface area contributed by atoms with E-state index in [1.54, 1.807) is 13.8 Å². The molecule has 0 spiro atoms. The van der Waals surface area contributed by atoms with Gasteiger partial charge in [-0.25, -0.2) is 4.68 Å². The highest BCUT2D eigenvalue weighted by Crippen LogP contribution is 2.27. The first kappa shape index (κ1) is 17.9. The maximum absolute atomic E-state index is 12.2. The molecule has 0 atom stereocenters. The van der Waals surface area contributed by atoms with Gasteiger partial charge < -0.3 is 15.3 Å². The van der Waals surface area contributed by atoms with Gasteiger partial charge in [0.25, 0.3) is 5.56 Å². The molecule has 1 heterocycles. The van der Waals surface area contributed by atoms with Gasteiger partial charge in [-0.05, 0) is 41.8 Å². The molecule has 0 unspecified atom stereocenters. The molecule has 0 aliphatic rings. The van der Waals surface area contributed by atoms with Gasteiger partial charge in [0, 0.05) is 6.54 Å². The zero-order valence-corrected chi connectivity index (χ0v) is 14.3. The van der Waals surface area contributed by atoms with Crippen molar-refractivity contribution in [2.45, 2.75) is 45.4 Å². The van der Waals surface area contributed by atoms with Crippen LogP contribution in [0.4, 0.5) is 5.69 Å². The number of hydrogen-bond acceptors (Lipinski definition) is 5. The van der Waals surface area contributed by atoms with Crippen molar-refractivity contribution in [1.29, 1.82) is 0 Å². The molecule has 1 aromatic heterocycles. The molecule has 0 saturated carbocycles. The molecule has 21 heavy (non-hydrogen) atoms. The van der Waals surface area contributed by atoms with Gasteiger partial charge in [-0.2, -0.15) is 5.10 Å². The van der Waals surface area contributed by atoms with Crippen LogP contribution in [0.3, 0.4) is 0 Å². The zero-order chi connectivity index (χ0) is 16.4. The lowest BCUT2D eigenvalue weighted by Crippen LogP contribution is -2.51. The minimum atomic E-state index is -0.990. The van der Waals surface area contributed by atoms with Crippen LogP contribution in [0.15, 0.2) is 11.0 Å². The maximum atomic E-state index is 12.2. The molecular formula is C14H25ClN4O2. The van der Waals surface area contributed by atoms with Crippen LogP contribution < -0.4 is 10.9 Å². The third-order valence-electron chi connectivity index (χ3n) is 3.72. The molecule has 0 aromatic carbocycles. The Morgan fingerprint density at radius 2 is 1.95 bits per heavy atom. The monoisotopic (exact) mass is 316 g/mol. The number of aromatic nitrogens is 2. The Balaban J connectivity index is 3.03. The first-order chi connectivity index (χ1) is 9.45. The van der Waals surface area contributed by atoms with Gasteiger partial charge in [0.05, 0.1) is 29.6 Å². The van der Waals surface area contributed by atoms with Crippen LogP contribution in [-0.2, 0) is 6.54 Å². The minimum absolute atomic E-state index is 0.0843. The minimum Gasteiger partial charge on any atom is -0.388 e. The number of anilines is 1. The van der Waals surface area contributed by atoms with E-state index < -0.39 is 11.1 Å². The van der Waals surface area contributed by atoms with Gasteiger partial charge in [0.15, 0.2) is 0 Å². The Kier molecular flexibility index (Phi) is 5.41. The van der Waals surface area contributed by atoms with Gasteiger partial charge in [-0.1, -0.05) is 11.6 Å². The van der Waals surface area contributed by atoms with E-state index in [0.717, 1.165) is 0 Å². The molecule has 2 N–H and O–H groups in total. The predicted molar refractivity (Wildman–Crippen MR) is 86.1 cm³/mol. The van der Waals surface area contributed by atoms with Crippen LogP contribution in [0.2, 0.25) is 5.02 Å². The number of nitrogens with zero attached hydrogens (tertiary/aromatic N) is 3. The van der Waals surface area contributed by atoms with Crippen LogP contribution in [0.5, 0.6) is 0 Å². The standard InChI is InChI=1S/C14H25ClN4O2/c1-13(2,14(3,4)21)17-10-9-16-19(8-7-18(5)6)12(20)11(10)15/h9,17,21H,7-8H2,1-6H3. The molecule has 0 fully saturated rings. The Morgan fingerprint density at radius 1 is 1.38 bits per heavy atom. The topological polar surface area (TPSA) is 70.4 Å². The molecule has 1 rings (SSSR count). The highest BCUT2D eigenvalue weighted by atomic mass is 35.5. The van der Waals surface area contributed by atoms with E-state index in [2.05, 4.69) is 10.4 Å². The summed E-state index contributed by atoms with van der Waals surface area (Å²) in [5.74, 6) is 0. The van der Waals surface area contributed by atoms with E-state index in [4.69, 9.17) is 11.6 Å². The summed E-state index contributed by atoms with van der Waals surface area (Å²) in [6.07, 6.45) is 1.52. The van der Waals surface area contributed by atoms with Gasteiger partial charge in [0.2, 0.25) is 0 Å². The summed E-state index contributed by atoms with van der Waals surface area (Å²) >= 11 is 6.14. The lowest BCUT2D eigenvalue weighted by Gasteiger charge is -2.38. The predicted octanol–water partition coefficient (Wildman–Crippen LogP) is 1.42. The molecule has 1 aromatic rings. The number of nitrogens with one attached hydrogen (secondary N) is 1. The summed E-state index contributed by atoms with van der Waals surface area (Å²) in [7, 11) is 3.85. The normalized spacial score (nSPS) is 12.8. The smallest absolute Gasteiger partial charge is 0.287 e. The number of aliphatic hydroxyl groups is 1. The quantitative estimate of drug-likeness (QED) is 0.830. The first-order valence-electron chi connectivity index (χ1n) is 6.86. The largest absolute Gasteiger partial charge is 0.388 e. The molecule has 6 nitrogen and oxygen atoms in total. The summed E-state index contributed by atoms with van der Waals surface area (Å²) in [4.78, 5) is 14.1. The van der Waals surface area contributed by atoms with Crippen molar-refractivity contribution in [2.75, 3.05) is 26.0 Å². The van der Waals surface area contributed by atoms with Crippen molar-refractivity contribution in [3.05, 3.63) is 21.6 Å². The third-order valence-corrected chi connectivity index (χ3v) is 4.09. The number of rotatable bonds is 6. The molecular weight excluding hydrogens is 292 g/mol. The number of halogens is 1. The fraction of sp³-hybridized carbons (Fsp3) is 0.714. The third kappa shape index (κ3) is 4.43. The first-order valence-corrected chi connectivity index (χ1v) is 7.24. The van der Waals surface area contributed by atoms with Crippen molar-refractivity contribution < 1.29 is 5.11 Å². The van der Waals surface area contributed by atoms with Crippen LogP contribution in [-0.4, -0.2) is 51.6 Å². The molecule has 7 heteroatoms.